The van der Waals surface area contributed by atoms with Crippen LogP contribution in [0, 0.1) is 11.8 Å². The second-order valence-electron chi connectivity index (χ2n) is 5.05. The van der Waals surface area contributed by atoms with E-state index in [2.05, 4.69) is 0 Å². The first-order valence-electron chi connectivity index (χ1n) is 6.77. The van der Waals surface area contributed by atoms with E-state index in [1.807, 2.05) is 6.92 Å². The lowest BCUT2D eigenvalue weighted by Gasteiger charge is -2.34. The zero-order chi connectivity index (χ0) is 15.6. The molecule has 114 valence electrons. The fraction of sp³-hybridized carbons (Fsp3) is 0.500. The molecule has 0 saturated carbocycles. The van der Waals surface area contributed by atoms with Crippen LogP contribution in [0.25, 0.3) is 0 Å². The Kier molecular flexibility index (Phi) is 4.30. The molecule has 7 heteroatoms. The number of nitrogens with zero attached hydrogens (tertiary/aromatic N) is 1. The first-order chi connectivity index (χ1) is 9.93. The van der Waals surface area contributed by atoms with Gasteiger partial charge in [-0.1, -0.05) is 6.92 Å². The largest absolute Gasteiger partial charge is 0.481 e. The summed E-state index contributed by atoms with van der Waals surface area (Å²) in [5, 5.41) is 18.2. The van der Waals surface area contributed by atoms with Crippen molar-refractivity contribution in [1.29, 1.82) is 0 Å². The van der Waals surface area contributed by atoms with E-state index in [-0.39, 0.29) is 25.3 Å². The number of carboxylic acid groups (broad SMARTS) is 2. The van der Waals surface area contributed by atoms with E-state index >= 15 is 0 Å². The average Bonchev–Trinajstić information content (AvgIpc) is 2.94. The van der Waals surface area contributed by atoms with Crippen molar-refractivity contribution < 1.29 is 29.0 Å². The number of likely N-dealkylation sites (tertiary alicyclic amines) is 1. The molecule has 21 heavy (non-hydrogen) atoms. The second kappa shape index (κ2) is 5.99. The van der Waals surface area contributed by atoms with Crippen LogP contribution >= 0.6 is 0 Å². The average molecular weight is 295 g/mol. The maximum absolute atomic E-state index is 12.3. The highest BCUT2D eigenvalue weighted by Gasteiger charge is 2.40. The summed E-state index contributed by atoms with van der Waals surface area (Å²) in [6.45, 7) is 1.99. The molecule has 1 aromatic rings. The normalized spacial score (nSPS) is 22.0. The summed E-state index contributed by atoms with van der Waals surface area (Å²) in [6.07, 6.45) is 0.783. The molecule has 1 aromatic heterocycles. The fourth-order valence-corrected chi connectivity index (χ4v) is 2.52. The Morgan fingerprint density at radius 2 is 1.90 bits per heavy atom. The van der Waals surface area contributed by atoms with Gasteiger partial charge in [0, 0.05) is 19.5 Å². The highest BCUT2D eigenvalue weighted by molar-refractivity contribution is 5.92. The summed E-state index contributed by atoms with van der Waals surface area (Å²) in [5.74, 6) is -3.97. The fourth-order valence-electron chi connectivity index (χ4n) is 2.52. The molecule has 2 rings (SSSR count). The van der Waals surface area contributed by atoms with E-state index in [0.717, 1.165) is 0 Å². The molecule has 2 heterocycles. The number of aliphatic carboxylic acids is 2. The third-order valence-electron chi connectivity index (χ3n) is 3.76. The summed E-state index contributed by atoms with van der Waals surface area (Å²) in [5.41, 5.74) is 0. The lowest BCUT2D eigenvalue weighted by Crippen LogP contribution is -2.48. The molecule has 2 unspecified atom stereocenters. The van der Waals surface area contributed by atoms with Crippen molar-refractivity contribution in [3.63, 3.8) is 0 Å². The Hall–Kier alpha value is -2.31. The molecule has 0 aromatic carbocycles. The highest BCUT2D eigenvalue weighted by Crippen LogP contribution is 2.26. The molecule has 0 radical (unpaired) electrons. The second-order valence-corrected chi connectivity index (χ2v) is 5.05. The minimum Gasteiger partial charge on any atom is -0.481 e. The van der Waals surface area contributed by atoms with E-state index in [9.17, 15) is 14.4 Å². The number of hydrogen-bond donors (Lipinski definition) is 2. The molecular formula is C14H17NO6. The monoisotopic (exact) mass is 295 g/mol. The predicted molar refractivity (Wildman–Crippen MR) is 70.9 cm³/mol. The Labute approximate surface area is 121 Å². The van der Waals surface area contributed by atoms with Crippen LogP contribution < -0.4 is 0 Å². The molecule has 7 nitrogen and oxygen atoms in total. The van der Waals surface area contributed by atoms with E-state index < -0.39 is 29.7 Å². The molecule has 1 aliphatic heterocycles. The van der Waals surface area contributed by atoms with Gasteiger partial charge in [0.15, 0.2) is 5.76 Å². The maximum Gasteiger partial charge on any atom is 0.309 e. The first kappa shape index (κ1) is 15.1. The van der Waals surface area contributed by atoms with Crippen LogP contribution in [0.3, 0.4) is 0 Å². The quantitative estimate of drug-likeness (QED) is 0.860. The number of piperidine rings is 1. The van der Waals surface area contributed by atoms with Gasteiger partial charge in [-0.25, -0.2) is 0 Å². The van der Waals surface area contributed by atoms with Gasteiger partial charge in [-0.3, -0.25) is 14.4 Å². The van der Waals surface area contributed by atoms with Crippen molar-refractivity contribution >= 4 is 17.8 Å². The van der Waals surface area contributed by atoms with Gasteiger partial charge in [0.2, 0.25) is 0 Å². The zero-order valence-electron chi connectivity index (χ0n) is 11.6. The summed E-state index contributed by atoms with van der Waals surface area (Å²) in [4.78, 5) is 35.9. The van der Waals surface area contributed by atoms with Crippen molar-refractivity contribution in [3.05, 3.63) is 23.7 Å². The number of carbonyl (C=O) groups is 3. The predicted octanol–water partition coefficient (Wildman–Crippen LogP) is 1.09. The van der Waals surface area contributed by atoms with Crippen molar-refractivity contribution in [1.82, 2.24) is 4.90 Å². The van der Waals surface area contributed by atoms with Crippen molar-refractivity contribution in [2.24, 2.45) is 11.8 Å². The molecule has 0 bridgehead atoms. The molecule has 0 aliphatic carbocycles. The highest BCUT2D eigenvalue weighted by atomic mass is 16.4. The van der Waals surface area contributed by atoms with Crippen molar-refractivity contribution in [2.75, 3.05) is 13.1 Å². The number of amides is 1. The maximum atomic E-state index is 12.3. The minimum atomic E-state index is -1.20. The van der Waals surface area contributed by atoms with Crippen LogP contribution in [0.15, 0.2) is 16.5 Å². The zero-order valence-corrected chi connectivity index (χ0v) is 11.6. The van der Waals surface area contributed by atoms with Crippen LogP contribution in [0.4, 0.5) is 0 Å². The topological polar surface area (TPSA) is 108 Å². The Bertz CT molecular complexity index is 564. The van der Waals surface area contributed by atoms with Gasteiger partial charge in [-0.2, -0.15) is 0 Å². The number of rotatable bonds is 4. The van der Waals surface area contributed by atoms with Gasteiger partial charge in [-0.05, 0) is 18.6 Å². The minimum absolute atomic E-state index is 0.118. The van der Waals surface area contributed by atoms with Gasteiger partial charge < -0.3 is 19.5 Å². The molecule has 1 aliphatic rings. The molecule has 1 saturated heterocycles. The third-order valence-corrected chi connectivity index (χ3v) is 3.76. The molecule has 1 amide bonds. The number of aryl methyl sites for hydroxylation is 1. The Morgan fingerprint density at radius 3 is 2.43 bits per heavy atom. The Morgan fingerprint density at radius 1 is 1.24 bits per heavy atom. The van der Waals surface area contributed by atoms with Gasteiger partial charge in [-0.15, -0.1) is 0 Å². The summed E-state index contributed by atoms with van der Waals surface area (Å²) >= 11 is 0. The van der Waals surface area contributed by atoms with Crippen LogP contribution in [0.5, 0.6) is 0 Å². The number of carbonyl (C=O) groups excluding carboxylic acids is 1. The summed E-state index contributed by atoms with van der Waals surface area (Å²) in [6, 6.07) is 3.26. The molecule has 2 atom stereocenters. The van der Waals surface area contributed by atoms with Gasteiger partial charge in [0.1, 0.15) is 5.76 Å². The number of hydrogen-bond acceptors (Lipinski definition) is 4. The Balaban J connectivity index is 2.13. The van der Waals surface area contributed by atoms with Crippen molar-refractivity contribution in [2.45, 2.75) is 19.8 Å². The van der Waals surface area contributed by atoms with E-state index in [1.165, 1.54) is 4.90 Å². The molecule has 0 spiro atoms. The van der Waals surface area contributed by atoms with Gasteiger partial charge in [0.05, 0.1) is 11.8 Å². The molecular weight excluding hydrogens is 278 g/mol. The van der Waals surface area contributed by atoms with Gasteiger partial charge >= 0.3 is 11.9 Å². The SMILES string of the molecule is CCc1ccc(C(=O)N2CCC(C(=O)O)C(C(=O)O)C2)o1. The molecule has 2 N–H and O–H groups in total. The van der Waals surface area contributed by atoms with Crippen LogP contribution in [0.1, 0.15) is 29.7 Å². The van der Waals surface area contributed by atoms with Crippen LogP contribution in [0.2, 0.25) is 0 Å². The summed E-state index contributed by atoms with van der Waals surface area (Å²) < 4.78 is 5.36. The van der Waals surface area contributed by atoms with E-state index in [1.54, 1.807) is 12.1 Å². The van der Waals surface area contributed by atoms with Crippen LogP contribution in [-0.2, 0) is 16.0 Å². The summed E-state index contributed by atoms with van der Waals surface area (Å²) in [7, 11) is 0. The van der Waals surface area contributed by atoms with Crippen molar-refractivity contribution in [3.8, 4) is 0 Å². The third kappa shape index (κ3) is 3.07. The standard InChI is InChI=1S/C14H17NO6/c1-2-8-3-4-11(21-8)12(16)15-6-5-9(13(17)18)10(7-15)14(19)20/h3-4,9-10H,2,5-7H2,1H3,(H,17,18)(H,19,20). The number of furan rings is 1. The first-order valence-corrected chi connectivity index (χ1v) is 6.77. The van der Waals surface area contributed by atoms with Gasteiger partial charge in [0.25, 0.3) is 5.91 Å². The number of carboxylic acids is 2. The lowest BCUT2D eigenvalue weighted by molar-refractivity contribution is -0.156. The smallest absolute Gasteiger partial charge is 0.309 e. The van der Waals surface area contributed by atoms with E-state index in [0.29, 0.717) is 12.2 Å². The van der Waals surface area contributed by atoms with Crippen LogP contribution in [-0.4, -0.2) is 46.0 Å². The molecule has 1 fully saturated rings. The van der Waals surface area contributed by atoms with E-state index in [4.69, 9.17) is 14.6 Å². The lowest BCUT2D eigenvalue weighted by atomic mass is 9.85.